The number of hydrogen-bond acceptors (Lipinski definition) is 2. The molecular formula is C17H26N2. The lowest BCUT2D eigenvalue weighted by atomic mass is 10.0. The summed E-state index contributed by atoms with van der Waals surface area (Å²) in [5.41, 5.74) is 4.62. The van der Waals surface area contributed by atoms with Gasteiger partial charge in [0, 0.05) is 18.8 Å². The zero-order valence-electron chi connectivity index (χ0n) is 12.3. The number of nitrogens with one attached hydrogen (secondary N) is 1. The maximum Gasteiger partial charge on any atom is 0.0369 e. The van der Waals surface area contributed by atoms with E-state index in [0.29, 0.717) is 0 Å². The molecule has 1 aliphatic carbocycles. The van der Waals surface area contributed by atoms with Crippen molar-refractivity contribution in [2.45, 2.75) is 33.1 Å². The summed E-state index contributed by atoms with van der Waals surface area (Å²) in [5.74, 6) is 1.45. The molecule has 2 aliphatic rings. The lowest BCUT2D eigenvalue weighted by Gasteiger charge is -2.33. The topological polar surface area (TPSA) is 15.3 Å². The molecule has 2 heteroatoms. The fraction of sp³-hybridized carbons (Fsp3) is 0.647. The number of benzene rings is 1. The smallest absolute Gasteiger partial charge is 0.0369 e. The van der Waals surface area contributed by atoms with Crippen molar-refractivity contribution in [1.82, 2.24) is 5.32 Å². The van der Waals surface area contributed by atoms with E-state index >= 15 is 0 Å². The van der Waals surface area contributed by atoms with E-state index in [2.05, 4.69) is 42.3 Å². The molecule has 0 radical (unpaired) electrons. The molecule has 104 valence electrons. The summed E-state index contributed by atoms with van der Waals surface area (Å²) in [7, 11) is 0. The van der Waals surface area contributed by atoms with Crippen LogP contribution in [-0.4, -0.2) is 26.2 Å². The average Bonchev–Trinajstić information content (AvgIpc) is 2.83. The first-order valence-electron chi connectivity index (χ1n) is 7.80. The average molecular weight is 258 g/mol. The minimum Gasteiger partial charge on any atom is -0.371 e. The van der Waals surface area contributed by atoms with E-state index in [1.54, 1.807) is 11.1 Å². The quantitative estimate of drug-likeness (QED) is 0.833. The second-order valence-electron chi connectivity index (χ2n) is 6.58. The Morgan fingerprint density at radius 3 is 2.42 bits per heavy atom. The van der Waals surface area contributed by atoms with Gasteiger partial charge in [0.05, 0.1) is 0 Å². The molecule has 1 N–H and O–H groups in total. The lowest BCUT2D eigenvalue weighted by molar-refractivity contribution is 0.410. The molecule has 1 fully saturated rings. The van der Waals surface area contributed by atoms with E-state index in [0.717, 1.165) is 24.9 Å². The number of anilines is 1. The standard InChI is InChI=1S/C17H26N2/c1-13-9-18-10-14(2)12-19(11-13)17-7-6-15-4-3-5-16(15)8-17/h6-8,13-14,18H,3-5,9-12H2,1-2H3. The monoisotopic (exact) mass is 258 g/mol. The maximum absolute atomic E-state index is 3.57. The van der Waals surface area contributed by atoms with Crippen LogP contribution in [0.2, 0.25) is 0 Å². The Morgan fingerprint density at radius 2 is 1.68 bits per heavy atom. The van der Waals surface area contributed by atoms with Gasteiger partial charge in [0.25, 0.3) is 0 Å². The fourth-order valence-corrected chi connectivity index (χ4v) is 3.50. The Kier molecular flexibility index (Phi) is 3.79. The summed E-state index contributed by atoms with van der Waals surface area (Å²) in [6.07, 6.45) is 3.91. The van der Waals surface area contributed by atoms with Crippen LogP contribution in [0.5, 0.6) is 0 Å². The first kappa shape index (κ1) is 13.0. The molecule has 2 atom stereocenters. The van der Waals surface area contributed by atoms with E-state index < -0.39 is 0 Å². The van der Waals surface area contributed by atoms with Crippen molar-refractivity contribution in [3.63, 3.8) is 0 Å². The fourth-order valence-electron chi connectivity index (χ4n) is 3.50. The third kappa shape index (κ3) is 2.94. The highest BCUT2D eigenvalue weighted by molar-refractivity contribution is 5.52. The number of nitrogens with zero attached hydrogens (tertiary/aromatic N) is 1. The molecule has 2 nitrogen and oxygen atoms in total. The minimum absolute atomic E-state index is 0.723. The van der Waals surface area contributed by atoms with Crippen molar-refractivity contribution in [1.29, 1.82) is 0 Å². The minimum atomic E-state index is 0.723. The number of aryl methyl sites for hydroxylation is 2. The van der Waals surface area contributed by atoms with Gasteiger partial charge in [0.2, 0.25) is 0 Å². The summed E-state index contributed by atoms with van der Waals surface area (Å²) in [4.78, 5) is 2.61. The molecule has 1 aliphatic heterocycles. The SMILES string of the molecule is CC1CNCC(C)CN(c2ccc3c(c2)CCC3)C1. The second-order valence-corrected chi connectivity index (χ2v) is 6.58. The number of fused-ring (bicyclic) bond motifs is 1. The van der Waals surface area contributed by atoms with Crippen LogP contribution < -0.4 is 10.2 Å². The number of hydrogen-bond donors (Lipinski definition) is 1. The molecule has 0 bridgehead atoms. The van der Waals surface area contributed by atoms with Crippen LogP contribution in [-0.2, 0) is 12.8 Å². The molecule has 1 saturated heterocycles. The van der Waals surface area contributed by atoms with Crippen LogP contribution >= 0.6 is 0 Å². The molecule has 0 aromatic heterocycles. The summed E-state index contributed by atoms with van der Waals surface area (Å²) >= 11 is 0. The van der Waals surface area contributed by atoms with E-state index in [4.69, 9.17) is 0 Å². The van der Waals surface area contributed by atoms with Crippen LogP contribution in [0.4, 0.5) is 5.69 Å². The van der Waals surface area contributed by atoms with E-state index in [9.17, 15) is 0 Å². The molecule has 0 spiro atoms. The van der Waals surface area contributed by atoms with E-state index in [1.165, 1.54) is 38.0 Å². The summed E-state index contributed by atoms with van der Waals surface area (Å²) in [6.45, 7) is 9.34. The Labute approximate surface area is 117 Å². The van der Waals surface area contributed by atoms with E-state index in [1.807, 2.05) is 0 Å². The summed E-state index contributed by atoms with van der Waals surface area (Å²) in [5, 5.41) is 3.57. The Balaban J connectivity index is 1.81. The molecular weight excluding hydrogens is 232 g/mol. The Morgan fingerprint density at radius 1 is 1.00 bits per heavy atom. The molecule has 0 amide bonds. The molecule has 3 rings (SSSR count). The third-order valence-electron chi connectivity index (χ3n) is 4.50. The normalized spacial score (nSPS) is 27.8. The highest BCUT2D eigenvalue weighted by atomic mass is 15.1. The highest BCUT2D eigenvalue weighted by Crippen LogP contribution is 2.28. The Bertz CT molecular complexity index is 429. The predicted octanol–water partition coefficient (Wildman–Crippen LogP) is 2.86. The van der Waals surface area contributed by atoms with Crippen molar-refractivity contribution < 1.29 is 0 Å². The van der Waals surface area contributed by atoms with Crippen molar-refractivity contribution in [3.8, 4) is 0 Å². The van der Waals surface area contributed by atoms with Gasteiger partial charge in [0.1, 0.15) is 0 Å². The molecule has 2 unspecified atom stereocenters. The lowest BCUT2D eigenvalue weighted by Crippen LogP contribution is -2.42. The van der Waals surface area contributed by atoms with Crippen LogP contribution in [0.25, 0.3) is 0 Å². The van der Waals surface area contributed by atoms with E-state index in [-0.39, 0.29) is 0 Å². The number of rotatable bonds is 1. The predicted molar refractivity (Wildman–Crippen MR) is 81.9 cm³/mol. The van der Waals surface area contributed by atoms with Crippen molar-refractivity contribution in [2.24, 2.45) is 11.8 Å². The zero-order chi connectivity index (χ0) is 13.2. The van der Waals surface area contributed by atoms with Crippen molar-refractivity contribution >= 4 is 5.69 Å². The highest BCUT2D eigenvalue weighted by Gasteiger charge is 2.19. The maximum atomic E-state index is 3.57. The largest absolute Gasteiger partial charge is 0.371 e. The van der Waals surface area contributed by atoms with Gasteiger partial charge in [-0.05, 0) is 67.4 Å². The van der Waals surface area contributed by atoms with Crippen LogP contribution in [0.1, 0.15) is 31.4 Å². The van der Waals surface area contributed by atoms with Crippen molar-refractivity contribution in [3.05, 3.63) is 29.3 Å². The van der Waals surface area contributed by atoms with Gasteiger partial charge in [-0.3, -0.25) is 0 Å². The molecule has 0 saturated carbocycles. The van der Waals surface area contributed by atoms with Gasteiger partial charge >= 0.3 is 0 Å². The third-order valence-corrected chi connectivity index (χ3v) is 4.50. The van der Waals surface area contributed by atoms with Crippen molar-refractivity contribution in [2.75, 3.05) is 31.1 Å². The first-order chi connectivity index (χ1) is 9.22. The van der Waals surface area contributed by atoms with Crippen LogP contribution in [0.3, 0.4) is 0 Å². The molecule has 1 aromatic carbocycles. The molecule has 19 heavy (non-hydrogen) atoms. The van der Waals surface area contributed by atoms with Gasteiger partial charge in [-0.1, -0.05) is 19.9 Å². The van der Waals surface area contributed by atoms with Gasteiger partial charge in [-0.15, -0.1) is 0 Å². The molecule has 1 heterocycles. The first-order valence-corrected chi connectivity index (χ1v) is 7.80. The van der Waals surface area contributed by atoms with Gasteiger partial charge < -0.3 is 10.2 Å². The summed E-state index contributed by atoms with van der Waals surface area (Å²) < 4.78 is 0. The van der Waals surface area contributed by atoms with Gasteiger partial charge in [-0.25, -0.2) is 0 Å². The van der Waals surface area contributed by atoms with Crippen LogP contribution in [0.15, 0.2) is 18.2 Å². The second kappa shape index (κ2) is 5.54. The van der Waals surface area contributed by atoms with Gasteiger partial charge in [0.15, 0.2) is 0 Å². The van der Waals surface area contributed by atoms with Gasteiger partial charge in [-0.2, -0.15) is 0 Å². The summed E-state index contributed by atoms with van der Waals surface area (Å²) in [6, 6.07) is 7.17. The molecule has 1 aromatic rings. The zero-order valence-corrected chi connectivity index (χ0v) is 12.3. The van der Waals surface area contributed by atoms with Crippen LogP contribution in [0, 0.1) is 11.8 Å². The Hall–Kier alpha value is -1.02.